The second-order valence-corrected chi connectivity index (χ2v) is 8.19. The Balaban J connectivity index is 1.49. The van der Waals surface area contributed by atoms with Crippen LogP contribution in [-0.2, 0) is 6.54 Å². The predicted molar refractivity (Wildman–Crippen MR) is 106 cm³/mol. The molecule has 0 bridgehead atoms. The van der Waals surface area contributed by atoms with Gasteiger partial charge in [0, 0.05) is 10.9 Å². The van der Waals surface area contributed by atoms with Gasteiger partial charge in [-0.05, 0) is 19.1 Å². The minimum absolute atomic E-state index is 0.347. The van der Waals surface area contributed by atoms with Crippen molar-refractivity contribution >= 4 is 32.9 Å². The van der Waals surface area contributed by atoms with Gasteiger partial charge in [-0.25, -0.2) is 9.97 Å². The van der Waals surface area contributed by atoms with E-state index in [2.05, 4.69) is 61.8 Å². The maximum absolute atomic E-state index is 4.82. The van der Waals surface area contributed by atoms with Gasteiger partial charge in [0.1, 0.15) is 23.3 Å². The van der Waals surface area contributed by atoms with E-state index in [1.165, 1.54) is 20.2 Å². The number of thiazole rings is 2. The van der Waals surface area contributed by atoms with Gasteiger partial charge in [0.2, 0.25) is 0 Å². The van der Waals surface area contributed by atoms with Crippen LogP contribution in [0.5, 0.6) is 0 Å². The van der Waals surface area contributed by atoms with Gasteiger partial charge in [-0.15, -0.1) is 22.7 Å². The lowest BCUT2D eigenvalue weighted by atomic mass is 10.2. The Labute approximate surface area is 155 Å². The van der Waals surface area contributed by atoms with E-state index < -0.39 is 0 Å². The molecule has 4 aromatic rings. The lowest BCUT2D eigenvalue weighted by molar-refractivity contribution is -0.924. The zero-order chi connectivity index (χ0) is 17.2. The highest BCUT2D eigenvalue weighted by molar-refractivity contribution is 7.18. The van der Waals surface area contributed by atoms with Crippen molar-refractivity contribution < 1.29 is 4.90 Å². The number of fused-ring (bicyclic) bond motifs is 1. The molecule has 1 unspecified atom stereocenters. The molecule has 3 nitrogen and oxygen atoms in total. The molecule has 0 aliphatic rings. The van der Waals surface area contributed by atoms with E-state index in [0.29, 0.717) is 6.04 Å². The smallest absolute Gasteiger partial charge is 0.151 e. The highest BCUT2D eigenvalue weighted by Crippen LogP contribution is 2.25. The zero-order valence-corrected chi connectivity index (χ0v) is 15.9. The average Bonchev–Trinajstić information content (AvgIpc) is 3.28. The van der Waals surface area contributed by atoms with Crippen LogP contribution in [0.3, 0.4) is 0 Å². The van der Waals surface area contributed by atoms with E-state index in [-0.39, 0.29) is 0 Å². The second kappa shape index (κ2) is 7.04. The normalized spacial score (nSPS) is 13.8. The van der Waals surface area contributed by atoms with Crippen LogP contribution in [-0.4, -0.2) is 17.0 Å². The number of para-hydroxylation sites is 1. The summed E-state index contributed by atoms with van der Waals surface area (Å²) in [6.07, 6.45) is 0. The third kappa shape index (κ3) is 3.49. The Bertz CT molecular complexity index is 942. The Morgan fingerprint density at radius 3 is 2.56 bits per heavy atom. The monoisotopic (exact) mass is 366 g/mol. The molecule has 126 valence electrons. The molecule has 0 saturated carbocycles. The van der Waals surface area contributed by atoms with Crippen LogP contribution < -0.4 is 4.90 Å². The fourth-order valence-electron chi connectivity index (χ4n) is 2.83. The lowest BCUT2D eigenvalue weighted by Gasteiger charge is -2.18. The van der Waals surface area contributed by atoms with E-state index in [1.807, 2.05) is 12.1 Å². The van der Waals surface area contributed by atoms with Crippen LogP contribution in [0.15, 0.2) is 60.0 Å². The van der Waals surface area contributed by atoms with Crippen molar-refractivity contribution in [1.29, 1.82) is 0 Å². The van der Waals surface area contributed by atoms with Gasteiger partial charge in [-0.1, -0.05) is 42.5 Å². The van der Waals surface area contributed by atoms with Gasteiger partial charge in [0.05, 0.1) is 17.3 Å². The van der Waals surface area contributed by atoms with Crippen molar-refractivity contribution in [3.63, 3.8) is 0 Å². The fourth-order valence-corrected chi connectivity index (χ4v) is 4.76. The van der Waals surface area contributed by atoms with E-state index in [9.17, 15) is 0 Å². The minimum atomic E-state index is 0.347. The second-order valence-electron chi connectivity index (χ2n) is 6.27. The van der Waals surface area contributed by atoms with Crippen LogP contribution in [0.2, 0.25) is 0 Å². The number of nitrogens with one attached hydrogen (secondary N) is 1. The largest absolute Gasteiger partial charge is 0.324 e. The van der Waals surface area contributed by atoms with Crippen LogP contribution in [0.1, 0.15) is 23.7 Å². The molecule has 0 fully saturated rings. The van der Waals surface area contributed by atoms with Gasteiger partial charge < -0.3 is 4.90 Å². The first-order chi connectivity index (χ1) is 12.2. The molecule has 2 aromatic heterocycles. The quantitative estimate of drug-likeness (QED) is 0.574. The molecule has 0 aliphatic heterocycles. The van der Waals surface area contributed by atoms with E-state index >= 15 is 0 Å². The first kappa shape index (κ1) is 16.4. The summed E-state index contributed by atoms with van der Waals surface area (Å²) in [7, 11) is 2.22. The Kier molecular flexibility index (Phi) is 4.61. The minimum Gasteiger partial charge on any atom is -0.324 e. The average molecular weight is 367 g/mol. The van der Waals surface area contributed by atoms with Crippen LogP contribution in [0.25, 0.3) is 20.8 Å². The van der Waals surface area contributed by atoms with Crippen molar-refractivity contribution in [2.45, 2.75) is 19.5 Å². The number of hydrogen-bond donors (Lipinski definition) is 1. The Hall–Kier alpha value is -2.08. The highest BCUT2D eigenvalue weighted by Gasteiger charge is 2.21. The predicted octanol–water partition coefficient (Wildman–Crippen LogP) is 4.20. The summed E-state index contributed by atoms with van der Waals surface area (Å²) in [5.74, 6) is 0. The van der Waals surface area contributed by atoms with Gasteiger partial charge in [0.25, 0.3) is 0 Å². The Morgan fingerprint density at radius 1 is 1.00 bits per heavy atom. The number of aromatic nitrogens is 2. The summed E-state index contributed by atoms with van der Waals surface area (Å²) >= 11 is 3.52. The van der Waals surface area contributed by atoms with Gasteiger partial charge in [-0.2, -0.15) is 0 Å². The number of hydrogen-bond acceptors (Lipinski definition) is 4. The molecule has 0 spiro atoms. The topological polar surface area (TPSA) is 30.2 Å². The lowest BCUT2D eigenvalue weighted by Crippen LogP contribution is -3.07. The molecular weight excluding hydrogens is 346 g/mol. The van der Waals surface area contributed by atoms with E-state index in [0.717, 1.165) is 22.8 Å². The van der Waals surface area contributed by atoms with Crippen LogP contribution >= 0.6 is 22.7 Å². The summed E-state index contributed by atoms with van der Waals surface area (Å²) in [4.78, 5) is 11.0. The molecule has 0 saturated heterocycles. The molecular formula is C20H20N3S2+. The summed E-state index contributed by atoms with van der Waals surface area (Å²) in [5, 5.41) is 4.46. The SMILES string of the molecule is C[C@@H](c1nc2ccccc2s1)[NH+](C)Cc1csc(-c2ccccc2)n1. The van der Waals surface area contributed by atoms with E-state index in [1.54, 1.807) is 22.7 Å². The summed E-state index contributed by atoms with van der Waals surface area (Å²) in [6.45, 7) is 3.15. The molecule has 1 N–H and O–H groups in total. The highest BCUT2D eigenvalue weighted by atomic mass is 32.1. The summed E-state index contributed by atoms with van der Waals surface area (Å²) in [6, 6.07) is 19.1. The summed E-state index contributed by atoms with van der Waals surface area (Å²) in [5.41, 5.74) is 3.44. The molecule has 0 amide bonds. The van der Waals surface area contributed by atoms with Crippen molar-refractivity contribution in [2.75, 3.05) is 7.05 Å². The first-order valence-electron chi connectivity index (χ1n) is 8.38. The maximum Gasteiger partial charge on any atom is 0.151 e. The van der Waals surface area contributed by atoms with Crippen molar-refractivity contribution in [2.24, 2.45) is 0 Å². The molecule has 0 aliphatic carbocycles. The number of benzene rings is 2. The Morgan fingerprint density at radius 2 is 1.76 bits per heavy atom. The molecule has 2 aromatic carbocycles. The van der Waals surface area contributed by atoms with Crippen molar-refractivity contribution in [3.8, 4) is 10.6 Å². The molecule has 5 heteroatoms. The van der Waals surface area contributed by atoms with Gasteiger partial charge in [-0.3, -0.25) is 0 Å². The van der Waals surface area contributed by atoms with Gasteiger partial charge in [0.15, 0.2) is 5.01 Å². The number of nitrogens with zero attached hydrogens (tertiary/aromatic N) is 2. The fraction of sp³-hybridized carbons (Fsp3) is 0.200. The number of quaternary nitrogens is 1. The standard InChI is InChI=1S/C20H19N3S2/c1-14(19-22-17-10-6-7-11-18(17)25-19)23(2)12-16-13-24-20(21-16)15-8-4-3-5-9-15/h3-11,13-14H,12H2,1-2H3/p+1/t14-/m0/s1. The zero-order valence-electron chi connectivity index (χ0n) is 14.3. The third-order valence-electron chi connectivity index (χ3n) is 4.45. The van der Waals surface area contributed by atoms with E-state index in [4.69, 9.17) is 9.97 Å². The molecule has 25 heavy (non-hydrogen) atoms. The van der Waals surface area contributed by atoms with Crippen LogP contribution in [0.4, 0.5) is 0 Å². The first-order valence-corrected chi connectivity index (χ1v) is 10.1. The third-order valence-corrected chi connectivity index (χ3v) is 6.61. The van der Waals surface area contributed by atoms with Crippen molar-refractivity contribution in [1.82, 2.24) is 9.97 Å². The maximum atomic E-state index is 4.82. The number of rotatable bonds is 5. The summed E-state index contributed by atoms with van der Waals surface area (Å²) < 4.78 is 1.26. The van der Waals surface area contributed by atoms with Gasteiger partial charge >= 0.3 is 0 Å². The molecule has 4 rings (SSSR count). The molecule has 2 heterocycles. The van der Waals surface area contributed by atoms with Crippen LogP contribution in [0, 0.1) is 0 Å². The molecule has 0 radical (unpaired) electrons. The molecule has 2 atom stereocenters. The van der Waals surface area contributed by atoms with Crippen molar-refractivity contribution in [3.05, 3.63) is 70.7 Å².